The van der Waals surface area contributed by atoms with Crippen molar-refractivity contribution in [3.8, 4) is 11.5 Å². The van der Waals surface area contributed by atoms with E-state index in [1.807, 2.05) is 12.1 Å². The summed E-state index contributed by atoms with van der Waals surface area (Å²) in [4.78, 5) is 2.45. The van der Waals surface area contributed by atoms with Gasteiger partial charge in [0.25, 0.3) is 0 Å². The molecule has 0 N–H and O–H groups in total. The van der Waals surface area contributed by atoms with Crippen LogP contribution in [0.5, 0.6) is 11.5 Å². The van der Waals surface area contributed by atoms with Gasteiger partial charge in [-0.15, -0.1) is 0 Å². The van der Waals surface area contributed by atoms with E-state index in [4.69, 9.17) is 9.47 Å². The number of benzene rings is 2. The summed E-state index contributed by atoms with van der Waals surface area (Å²) >= 11 is 0. The molecule has 7 heteroatoms. The highest BCUT2D eigenvalue weighted by atomic mass is 32.2. The van der Waals surface area contributed by atoms with Gasteiger partial charge in [0.2, 0.25) is 10.0 Å². The Labute approximate surface area is 155 Å². The summed E-state index contributed by atoms with van der Waals surface area (Å²) in [5.74, 6) is 0.919. The van der Waals surface area contributed by atoms with E-state index < -0.39 is 10.0 Å². The second-order valence-electron chi connectivity index (χ2n) is 6.19. The van der Waals surface area contributed by atoms with Crippen LogP contribution in [-0.4, -0.2) is 53.1 Å². The minimum Gasteiger partial charge on any atom is -0.493 e. The van der Waals surface area contributed by atoms with Crippen LogP contribution in [-0.2, 0) is 10.0 Å². The maximum Gasteiger partial charge on any atom is 0.243 e. The first-order chi connectivity index (χ1) is 12.5. The zero-order chi connectivity index (χ0) is 18.7. The van der Waals surface area contributed by atoms with Crippen LogP contribution >= 0.6 is 0 Å². The second kappa shape index (κ2) is 7.55. The minimum absolute atomic E-state index is 0.222. The topological polar surface area (TPSA) is 59.1 Å². The number of aryl methyl sites for hydroxylation is 1. The van der Waals surface area contributed by atoms with Gasteiger partial charge in [-0.25, -0.2) is 8.42 Å². The largest absolute Gasteiger partial charge is 0.493 e. The van der Waals surface area contributed by atoms with E-state index in [0.29, 0.717) is 37.7 Å². The smallest absolute Gasteiger partial charge is 0.243 e. The zero-order valence-corrected chi connectivity index (χ0v) is 16.1. The maximum absolute atomic E-state index is 13.0. The van der Waals surface area contributed by atoms with Gasteiger partial charge in [0.05, 0.1) is 19.1 Å². The highest BCUT2D eigenvalue weighted by Crippen LogP contribution is 2.31. The van der Waals surface area contributed by atoms with Crippen molar-refractivity contribution < 1.29 is 17.9 Å². The molecular formula is C19H24N2O4S. The number of sulfonamides is 1. The van der Waals surface area contributed by atoms with Crippen LogP contribution in [0, 0.1) is 6.92 Å². The van der Waals surface area contributed by atoms with Gasteiger partial charge in [0.1, 0.15) is 0 Å². The molecule has 1 aliphatic rings. The molecule has 0 aliphatic carbocycles. The van der Waals surface area contributed by atoms with Gasteiger partial charge in [0, 0.05) is 37.9 Å². The normalized spacial score (nSPS) is 15.7. The van der Waals surface area contributed by atoms with Crippen LogP contribution in [0.15, 0.2) is 47.4 Å². The van der Waals surface area contributed by atoms with Crippen LogP contribution < -0.4 is 14.4 Å². The van der Waals surface area contributed by atoms with Crippen LogP contribution in [0.2, 0.25) is 0 Å². The molecular weight excluding hydrogens is 352 g/mol. The molecule has 1 fully saturated rings. The lowest BCUT2D eigenvalue weighted by Gasteiger charge is -2.36. The van der Waals surface area contributed by atoms with E-state index in [9.17, 15) is 8.42 Å². The molecule has 1 heterocycles. The molecule has 0 spiro atoms. The zero-order valence-electron chi connectivity index (χ0n) is 15.3. The SMILES string of the molecule is COc1ccc(S(=O)(=O)N2CCN(c3ccccc3C)CC2)cc1OC. The van der Waals surface area contributed by atoms with E-state index in [0.717, 1.165) is 5.69 Å². The van der Waals surface area contributed by atoms with Crippen LogP contribution in [0.25, 0.3) is 0 Å². The highest BCUT2D eigenvalue weighted by molar-refractivity contribution is 7.89. The van der Waals surface area contributed by atoms with Crippen molar-refractivity contribution in [3.63, 3.8) is 0 Å². The number of ether oxygens (including phenoxy) is 2. The summed E-state index contributed by atoms with van der Waals surface area (Å²) in [6.45, 7) is 4.30. The van der Waals surface area contributed by atoms with Gasteiger partial charge < -0.3 is 14.4 Å². The number of hydrogen-bond donors (Lipinski definition) is 0. The van der Waals surface area contributed by atoms with E-state index in [1.54, 1.807) is 12.1 Å². The molecule has 0 aromatic heterocycles. The summed E-state index contributed by atoms with van der Waals surface area (Å²) in [6.07, 6.45) is 0. The molecule has 140 valence electrons. The van der Waals surface area contributed by atoms with Crippen molar-refractivity contribution >= 4 is 15.7 Å². The van der Waals surface area contributed by atoms with Crippen molar-refractivity contribution in [2.24, 2.45) is 0 Å². The molecule has 0 saturated carbocycles. The van der Waals surface area contributed by atoms with Crippen molar-refractivity contribution in [3.05, 3.63) is 48.0 Å². The number of para-hydroxylation sites is 1. The van der Waals surface area contributed by atoms with E-state index in [-0.39, 0.29) is 4.90 Å². The molecule has 6 nitrogen and oxygen atoms in total. The molecule has 1 aliphatic heterocycles. The van der Waals surface area contributed by atoms with Crippen LogP contribution in [0.3, 0.4) is 0 Å². The van der Waals surface area contributed by atoms with Gasteiger partial charge in [0.15, 0.2) is 11.5 Å². The first-order valence-corrected chi connectivity index (χ1v) is 9.94. The van der Waals surface area contributed by atoms with Crippen molar-refractivity contribution in [2.75, 3.05) is 45.3 Å². The average molecular weight is 376 g/mol. The molecule has 0 unspecified atom stereocenters. The lowest BCUT2D eigenvalue weighted by molar-refractivity contribution is 0.353. The van der Waals surface area contributed by atoms with E-state index in [2.05, 4.69) is 24.0 Å². The van der Waals surface area contributed by atoms with Crippen molar-refractivity contribution in [2.45, 2.75) is 11.8 Å². The number of rotatable bonds is 5. The Balaban J connectivity index is 1.77. The molecule has 26 heavy (non-hydrogen) atoms. The Bertz CT molecular complexity index is 875. The first-order valence-electron chi connectivity index (χ1n) is 8.50. The van der Waals surface area contributed by atoms with Crippen molar-refractivity contribution in [1.82, 2.24) is 4.31 Å². The maximum atomic E-state index is 13.0. The Kier molecular flexibility index (Phi) is 5.38. The minimum atomic E-state index is -3.56. The molecule has 0 amide bonds. The Morgan fingerprint density at radius 3 is 2.15 bits per heavy atom. The third kappa shape index (κ3) is 3.50. The molecule has 1 saturated heterocycles. The Hall–Kier alpha value is -2.25. The fraction of sp³-hybridized carbons (Fsp3) is 0.368. The lowest BCUT2D eigenvalue weighted by Crippen LogP contribution is -2.48. The molecule has 0 bridgehead atoms. The number of nitrogens with zero attached hydrogens (tertiary/aromatic N) is 2. The number of methoxy groups -OCH3 is 2. The lowest BCUT2D eigenvalue weighted by atomic mass is 10.1. The summed E-state index contributed by atoms with van der Waals surface area (Å²) in [5.41, 5.74) is 2.36. The van der Waals surface area contributed by atoms with Gasteiger partial charge in [-0.1, -0.05) is 18.2 Å². The molecule has 0 radical (unpaired) electrons. The van der Waals surface area contributed by atoms with Crippen molar-refractivity contribution in [1.29, 1.82) is 0 Å². The number of piperazine rings is 1. The van der Waals surface area contributed by atoms with Crippen LogP contribution in [0.4, 0.5) is 5.69 Å². The second-order valence-corrected chi connectivity index (χ2v) is 8.13. The summed E-state index contributed by atoms with van der Waals surface area (Å²) in [5, 5.41) is 0. The summed E-state index contributed by atoms with van der Waals surface area (Å²) in [6, 6.07) is 12.9. The number of hydrogen-bond acceptors (Lipinski definition) is 5. The van der Waals surface area contributed by atoms with E-state index in [1.165, 1.54) is 30.2 Å². The Morgan fingerprint density at radius 2 is 1.54 bits per heavy atom. The Morgan fingerprint density at radius 1 is 0.885 bits per heavy atom. The molecule has 2 aromatic carbocycles. The third-order valence-electron chi connectivity index (χ3n) is 4.69. The summed E-state index contributed by atoms with van der Waals surface area (Å²) in [7, 11) is -0.544. The summed E-state index contributed by atoms with van der Waals surface area (Å²) < 4.78 is 37.9. The standard InChI is InChI=1S/C19H24N2O4S/c1-15-6-4-5-7-17(15)20-10-12-21(13-11-20)26(22,23)16-8-9-18(24-2)19(14-16)25-3/h4-9,14H,10-13H2,1-3H3. The van der Waals surface area contributed by atoms with Gasteiger partial charge in [-0.2, -0.15) is 4.31 Å². The van der Waals surface area contributed by atoms with Gasteiger partial charge in [-0.3, -0.25) is 0 Å². The monoisotopic (exact) mass is 376 g/mol. The quantitative estimate of drug-likeness (QED) is 0.803. The molecule has 2 aromatic rings. The predicted octanol–water partition coefficient (Wildman–Crippen LogP) is 2.52. The van der Waals surface area contributed by atoms with Crippen LogP contribution in [0.1, 0.15) is 5.56 Å². The molecule has 3 rings (SSSR count). The van der Waals surface area contributed by atoms with Gasteiger partial charge in [-0.05, 0) is 30.7 Å². The van der Waals surface area contributed by atoms with E-state index >= 15 is 0 Å². The fourth-order valence-electron chi connectivity index (χ4n) is 3.21. The highest BCUT2D eigenvalue weighted by Gasteiger charge is 2.29. The number of anilines is 1. The third-order valence-corrected chi connectivity index (χ3v) is 6.58. The molecule has 0 atom stereocenters. The average Bonchev–Trinajstić information content (AvgIpc) is 2.68. The predicted molar refractivity (Wildman–Crippen MR) is 102 cm³/mol. The van der Waals surface area contributed by atoms with Gasteiger partial charge >= 0.3 is 0 Å². The fourth-order valence-corrected chi connectivity index (χ4v) is 4.65. The first kappa shape index (κ1) is 18.5.